The standard InChI is InChI=1S/C17H21N3O2/c1-20(17(21)14-10-6-3-7-11-14)12-15-18-16(19-22-15)13-8-4-2-5-9-13/h2,4-5,8-9,14H,3,6-7,10-12H2,1H3. The Morgan fingerprint density at radius 2 is 1.95 bits per heavy atom. The molecule has 2 aromatic rings. The molecule has 1 fully saturated rings. The Bertz CT molecular complexity index is 618. The van der Waals surface area contributed by atoms with Gasteiger partial charge in [0.05, 0.1) is 6.54 Å². The van der Waals surface area contributed by atoms with Crippen LogP contribution in [0.25, 0.3) is 11.4 Å². The van der Waals surface area contributed by atoms with E-state index in [4.69, 9.17) is 4.52 Å². The van der Waals surface area contributed by atoms with Crippen LogP contribution in [0.3, 0.4) is 0 Å². The largest absolute Gasteiger partial charge is 0.337 e. The minimum absolute atomic E-state index is 0.162. The summed E-state index contributed by atoms with van der Waals surface area (Å²) in [6, 6.07) is 9.69. The van der Waals surface area contributed by atoms with Crippen LogP contribution < -0.4 is 0 Å². The predicted octanol–water partition coefficient (Wildman–Crippen LogP) is 3.28. The molecule has 0 saturated heterocycles. The molecule has 0 spiro atoms. The van der Waals surface area contributed by atoms with Gasteiger partial charge in [-0.15, -0.1) is 0 Å². The van der Waals surface area contributed by atoms with Gasteiger partial charge in [-0.25, -0.2) is 0 Å². The first-order valence-corrected chi connectivity index (χ1v) is 7.87. The molecule has 1 aromatic carbocycles. The minimum Gasteiger partial charge on any atom is -0.337 e. The zero-order chi connectivity index (χ0) is 15.4. The summed E-state index contributed by atoms with van der Waals surface area (Å²) in [6.07, 6.45) is 5.56. The van der Waals surface area contributed by atoms with E-state index < -0.39 is 0 Å². The first-order valence-electron chi connectivity index (χ1n) is 7.87. The molecule has 1 aromatic heterocycles. The van der Waals surface area contributed by atoms with E-state index in [0.29, 0.717) is 18.3 Å². The molecule has 0 N–H and O–H groups in total. The number of rotatable bonds is 4. The summed E-state index contributed by atoms with van der Waals surface area (Å²) in [7, 11) is 1.81. The van der Waals surface area contributed by atoms with Gasteiger partial charge >= 0.3 is 0 Å². The van der Waals surface area contributed by atoms with Gasteiger partial charge < -0.3 is 9.42 Å². The molecule has 1 aliphatic carbocycles. The molecule has 0 aliphatic heterocycles. The average molecular weight is 299 g/mol. The lowest BCUT2D eigenvalue weighted by Gasteiger charge is -2.25. The van der Waals surface area contributed by atoms with Crippen molar-refractivity contribution in [3.05, 3.63) is 36.2 Å². The van der Waals surface area contributed by atoms with E-state index in [9.17, 15) is 4.79 Å². The van der Waals surface area contributed by atoms with Crippen LogP contribution in [0, 0.1) is 5.92 Å². The molecule has 3 rings (SSSR count). The Labute approximate surface area is 130 Å². The number of hydrogen-bond acceptors (Lipinski definition) is 4. The molecule has 5 nitrogen and oxygen atoms in total. The molecule has 116 valence electrons. The molecule has 5 heteroatoms. The van der Waals surface area contributed by atoms with E-state index in [1.54, 1.807) is 4.90 Å². The number of carbonyl (C=O) groups excluding carboxylic acids is 1. The Hall–Kier alpha value is -2.17. The summed E-state index contributed by atoms with van der Waals surface area (Å²) in [4.78, 5) is 18.5. The van der Waals surface area contributed by atoms with Crippen molar-refractivity contribution in [2.45, 2.75) is 38.6 Å². The smallest absolute Gasteiger partial charge is 0.246 e. The van der Waals surface area contributed by atoms with Crippen LogP contribution in [-0.4, -0.2) is 28.0 Å². The summed E-state index contributed by atoms with van der Waals surface area (Å²) < 4.78 is 5.27. The molecule has 0 radical (unpaired) electrons. The molecule has 1 amide bonds. The summed E-state index contributed by atoms with van der Waals surface area (Å²) in [6.45, 7) is 0.370. The van der Waals surface area contributed by atoms with Gasteiger partial charge in [0.15, 0.2) is 0 Å². The van der Waals surface area contributed by atoms with Gasteiger partial charge in [-0.2, -0.15) is 4.98 Å². The predicted molar refractivity (Wildman–Crippen MR) is 82.8 cm³/mol. The third-order valence-electron chi connectivity index (χ3n) is 4.20. The third kappa shape index (κ3) is 3.35. The highest BCUT2D eigenvalue weighted by Crippen LogP contribution is 2.25. The van der Waals surface area contributed by atoms with E-state index in [2.05, 4.69) is 10.1 Å². The minimum atomic E-state index is 0.162. The van der Waals surface area contributed by atoms with Gasteiger partial charge in [-0.3, -0.25) is 4.79 Å². The van der Waals surface area contributed by atoms with E-state index >= 15 is 0 Å². The number of carbonyl (C=O) groups is 1. The van der Waals surface area contributed by atoms with Gasteiger partial charge in [-0.05, 0) is 12.8 Å². The average Bonchev–Trinajstić information content (AvgIpc) is 3.04. The molecular formula is C17H21N3O2. The number of benzene rings is 1. The zero-order valence-electron chi connectivity index (χ0n) is 12.9. The normalized spacial score (nSPS) is 15.7. The Kier molecular flexibility index (Phi) is 4.51. The van der Waals surface area contributed by atoms with Crippen LogP contribution >= 0.6 is 0 Å². The quantitative estimate of drug-likeness (QED) is 0.869. The topological polar surface area (TPSA) is 59.2 Å². The fraction of sp³-hybridized carbons (Fsp3) is 0.471. The third-order valence-corrected chi connectivity index (χ3v) is 4.20. The van der Waals surface area contributed by atoms with Gasteiger partial charge in [0, 0.05) is 18.5 Å². The monoisotopic (exact) mass is 299 g/mol. The molecule has 0 atom stereocenters. The number of nitrogens with zero attached hydrogens (tertiary/aromatic N) is 3. The Balaban J connectivity index is 1.63. The van der Waals surface area contributed by atoms with E-state index in [-0.39, 0.29) is 11.8 Å². The van der Waals surface area contributed by atoms with Crippen molar-refractivity contribution in [3.8, 4) is 11.4 Å². The SMILES string of the molecule is CN(Cc1nc(-c2ccccc2)no1)C(=O)C1CCCCC1. The van der Waals surface area contributed by atoms with Gasteiger partial charge in [0.25, 0.3) is 0 Å². The first kappa shape index (κ1) is 14.8. The number of amides is 1. The van der Waals surface area contributed by atoms with Gasteiger partial charge in [-0.1, -0.05) is 54.8 Å². The van der Waals surface area contributed by atoms with Crippen LogP contribution in [-0.2, 0) is 11.3 Å². The summed E-state index contributed by atoms with van der Waals surface area (Å²) >= 11 is 0. The summed E-state index contributed by atoms with van der Waals surface area (Å²) in [5.41, 5.74) is 0.916. The first-order chi connectivity index (χ1) is 10.7. The van der Waals surface area contributed by atoms with E-state index in [0.717, 1.165) is 31.2 Å². The van der Waals surface area contributed by atoms with Crippen LogP contribution in [0.5, 0.6) is 0 Å². The highest BCUT2D eigenvalue weighted by molar-refractivity contribution is 5.78. The van der Waals surface area contributed by atoms with E-state index in [1.165, 1.54) is 6.42 Å². The maximum atomic E-state index is 12.4. The van der Waals surface area contributed by atoms with Crippen molar-refractivity contribution >= 4 is 5.91 Å². The summed E-state index contributed by atoms with van der Waals surface area (Å²) in [5, 5.41) is 3.99. The lowest BCUT2D eigenvalue weighted by Crippen LogP contribution is -2.33. The van der Waals surface area contributed by atoms with Crippen LogP contribution in [0.2, 0.25) is 0 Å². The summed E-state index contributed by atoms with van der Waals surface area (Å²) in [5.74, 6) is 1.40. The lowest BCUT2D eigenvalue weighted by atomic mass is 9.88. The Morgan fingerprint density at radius 1 is 1.23 bits per heavy atom. The van der Waals surface area contributed by atoms with Crippen LogP contribution in [0.4, 0.5) is 0 Å². The van der Waals surface area contributed by atoms with Crippen molar-refractivity contribution in [2.75, 3.05) is 7.05 Å². The molecule has 0 unspecified atom stereocenters. The van der Waals surface area contributed by atoms with Crippen molar-refractivity contribution < 1.29 is 9.32 Å². The second-order valence-electron chi connectivity index (χ2n) is 5.91. The highest BCUT2D eigenvalue weighted by atomic mass is 16.5. The molecule has 0 bridgehead atoms. The van der Waals surface area contributed by atoms with Gasteiger partial charge in [0.2, 0.25) is 17.6 Å². The molecule has 1 aliphatic rings. The highest BCUT2D eigenvalue weighted by Gasteiger charge is 2.25. The molecule has 22 heavy (non-hydrogen) atoms. The maximum absolute atomic E-state index is 12.4. The second kappa shape index (κ2) is 6.73. The fourth-order valence-corrected chi connectivity index (χ4v) is 2.97. The van der Waals surface area contributed by atoms with E-state index in [1.807, 2.05) is 37.4 Å². The Morgan fingerprint density at radius 3 is 2.68 bits per heavy atom. The maximum Gasteiger partial charge on any atom is 0.246 e. The van der Waals surface area contributed by atoms with Crippen molar-refractivity contribution in [1.29, 1.82) is 0 Å². The fourth-order valence-electron chi connectivity index (χ4n) is 2.97. The van der Waals surface area contributed by atoms with Crippen molar-refractivity contribution in [2.24, 2.45) is 5.92 Å². The van der Waals surface area contributed by atoms with Crippen LogP contribution in [0.15, 0.2) is 34.9 Å². The number of hydrogen-bond donors (Lipinski definition) is 0. The molecular weight excluding hydrogens is 278 g/mol. The second-order valence-corrected chi connectivity index (χ2v) is 5.91. The van der Waals surface area contributed by atoms with Crippen molar-refractivity contribution in [3.63, 3.8) is 0 Å². The zero-order valence-corrected chi connectivity index (χ0v) is 12.9. The van der Waals surface area contributed by atoms with Crippen molar-refractivity contribution in [1.82, 2.24) is 15.0 Å². The molecule has 1 heterocycles. The van der Waals surface area contributed by atoms with Gasteiger partial charge in [0.1, 0.15) is 0 Å². The number of aromatic nitrogens is 2. The lowest BCUT2D eigenvalue weighted by molar-refractivity contribution is -0.136. The molecule has 1 saturated carbocycles. The van der Waals surface area contributed by atoms with Crippen LogP contribution in [0.1, 0.15) is 38.0 Å².